The maximum absolute atomic E-state index is 11.3. The summed E-state index contributed by atoms with van der Waals surface area (Å²) < 4.78 is 0. The Bertz CT molecular complexity index is 463. The highest BCUT2D eigenvalue weighted by atomic mass is 35.5. The van der Waals surface area contributed by atoms with Crippen molar-refractivity contribution in [2.75, 3.05) is 17.2 Å². The Kier molecular flexibility index (Phi) is 4.65. The van der Waals surface area contributed by atoms with E-state index in [4.69, 9.17) is 28.9 Å². The number of hydrogen-bond acceptors (Lipinski definition) is 4. The van der Waals surface area contributed by atoms with Crippen LogP contribution < -0.4 is 16.4 Å². The molecule has 1 aromatic heterocycles. The smallest absolute Gasteiger partial charge is 0.242 e. The summed E-state index contributed by atoms with van der Waals surface area (Å²) in [5.74, 6) is 0.368. The zero-order valence-corrected chi connectivity index (χ0v) is 12.0. The zero-order valence-electron chi connectivity index (χ0n) is 10.5. The molecule has 1 rings (SSSR count). The molecule has 18 heavy (non-hydrogen) atoms. The number of nitrogens with one attached hydrogen (secondary N) is 2. The van der Waals surface area contributed by atoms with Gasteiger partial charge in [0.2, 0.25) is 5.91 Å². The lowest BCUT2D eigenvalue weighted by Crippen LogP contribution is -2.45. The van der Waals surface area contributed by atoms with Crippen LogP contribution in [-0.2, 0) is 4.79 Å². The topological polar surface area (TPSA) is 80.0 Å². The Balaban J connectivity index is 3.09. The first-order valence-electron chi connectivity index (χ1n) is 5.46. The minimum atomic E-state index is -0.950. The van der Waals surface area contributed by atoms with Crippen molar-refractivity contribution in [1.29, 1.82) is 0 Å². The first-order valence-corrected chi connectivity index (χ1v) is 6.21. The molecule has 0 radical (unpaired) electrons. The van der Waals surface area contributed by atoms with Crippen LogP contribution in [0, 0.1) is 0 Å². The Hall–Kier alpha value is -1.20. The molecule has 0 spiro atoms. The van der Waals surface area contributed by atoms with Crippen molar-refractivity contribution in [3.63, 3.8) is 0 Å². The molecule has 0 saturated heterocycles. The molecule has 0 aliphatic heterocycles. The highest BCUT2D eigenvalue weighted by Gasteiger charge is 2.26. The lowest BCUT2D eigenvalue weighted by Gasteiger charge is -2.24. The van der Waals surface area contributed by atoms with Crippen LogP contribution in [0.2, 0.25) is 10.0 Å². The van der Waals surface area contributed by atoms with E-state index in [2.05, 4.69) is 15.6 Å². The highest BCUT2D eigenvalue weighted by Crippen LogP contribution is 2.30. The fraction of sp³-hybridized carbons (Fsp3) is 0.455. The highest BCUT2D eigenvalue weighted by molar-refractivity contribution is 6.37. The van der Waals surface area contributed by atoms with Crippen LogP contribution >= 0.6 is 23.2 Å². The van der Waals surface area contributed by atoms with Crippen LogP contribution in [0.25, 0.3) is 0 Å². The maximum atomic E-state index is 11.3. The van der Waals surface area contributed by atoms with Gasteiger partial charge in [-0.1, -0.05) is 23.2 Å². The second-order valence-corrected chi connectivity index (χ2v) is 5.11. The van der Waals surface area contributed by atoms with Gasteiger partial charge in [0.25, 0.3) is 0 Å². The normalized spacial score (nSPS) is 11.2. The average Bonchev–Trinajstić information content (AvgIpc) is 2.24. The Labute approximate surface area is 116 Å². The molecule has 100 valence electrons. The summed E-state index contributed by atoms with van der Waals surface area (Å²) in [5, 5.41) is 6.65. The minimum Gasteiger partial charge on any atom is -0.369 e. The SMILES string of the molecule is CCNc1nc(NC(C)(C)C(N)=O)c(Cl)cc1Cl. The van der Waals surface area contributed by atoms with Gasteiger partial charge >= 0.3 is 0 Å². The Morgan fingerprint density at radius 3 is 2.44 bits per heavy atom. The Morgan fingerprint density at radius 2 is 1.94 bits per heavy atom. The van der Waals surface area contributed by atoms with Crippen molar-refractivity contribution in [2.45, 2.75) is 26.3 Å². The molecule has 4 N–H and O–H groups in total. The van der Waals surface area contributed by atoms with Crippen LogP contribution in [0.5, 0.6) is 0 Å². The van der Waals surface area contributed by atoms with E-state index >= 15 is 0 Å². The summed E-state index contributed by atoms with van der Waals surface area (Å²) in [6.07, 6.45) is 0. The predicted octanol–water partition coefficient (Wildman–Crippen LogP) is 2.50. The van der Waals surface area contributed by atoms with E-state index < -0.39 is 11.4 Å². The third-order valence-corrected chi connectivity index (χ3v) is 2.90. The summed E-state index contributed by atoms with van der Waals surface area (Å²) in [4.78, 5) is 15.5. The number of pyridine rings is 1. The molecule has 0 bridgehead atoms. The molecule has 0 aliphatic rings. The van der Waals surface area contributed by atoms with Crippen LogP contribution in [0.4, 0.5) is 11.6 Å². The number of primary amides is 1. The van der Waals surface area contributed by atoms with Crippen LogP contribution in [0.1, 0.15) is 20.8 Å². The molecular formula is C11H16Cl2N4O. The number of halogens is 2. The Morgan fingerprint density at radius 1 is 1.39 bits per heavy atom. The number of hydrogen-bond donors (Lipinski definition) is 3. The molecule has 0 fully saturated rings. The number of aromatic nitrogens is 1. The number of rotatable bonds is 5. The lowest BCUT2D eigenvalue weighted by molar-refractivity contribution is -0.121. The number of carbonyl (C=O) groups is 1. The van der Waals surface area contributed by atoms with Crippen LogP contribution in [0.3, 0.4) is 0 Å². The fourth-order valence-electron chi connectivity index (χ4n) is 1.20. The van der Waals surface area contributed by atoms with Gasteiger partial charge in [0, 0.05) is 6.54 Å². The number of nitrogens with zero attached hydrogens (tertiary/aromatic N) is 1. The van der Waals surface area contributed by atoms with Gasteiger partial charge in [-0.2, -0.15) is 0 Å². The van der Waals surface area contributed by atoms with Crippen LogP contribution in [-0.4, -0.2) is 23.0 Å². The van der Waals surface area contributed by atoms with E-state index in [0.29, 0.717) is 28.2 Å². The summed E-state index contributed by atoms with van der Waals surface area (Å²) in [7, 11) is 0. The van der Waals surface area contributed by atoms with Gasteiger partial charge in [0.1, 0.15) is 17.2 Å². The van der Waals surface area contributed by atoms with Crippen molar-refractivity contribution < 1.29 is 4.79 Å². The molecule has 0 atom stereocenters. The van der Waals surface area contributed by atoms with Gasteiger partial charge in [-0.25, -0.2) is 4.98 Å². The summed E-state index contributed by atoms with van der Waals surface area (Å²) in [5.41, 5.74) is 4.33. The van der Waals surface area contributed by atoms with E-state index in [9.17, 15) is 4.79 Å². The summed E-state index contributed by atoms with van der Waals surface area (Å²) in [6, 6.07) is 1.56. The van der Waals surface area contributed by atoms with Crippen LogP contribution in [0.15, 0.2) is 6.07 Å². The van der Waals surface area contributed by atoms with E-state index in [1.807, 2.05) is 6.92 Å². The molecule has 0 aliphatic carbocycles. The van der Waals surface area contributed by atoms with Crippen molar-refractivity contribution in [1.82, 2.24) is 4.98 Å². The third-order valence-electron chi connectivity index (χ3n) is 2.32. The lowest BCUT2D eigenvalue weighted by atomic mass is 10.1. The fourth-order valence-corrected chi connectivity index (χ4v) is 1.68. The minimum absolute atomic E-state index is 0.330. The van der Waals surface area contributed by atoms with Crippen molar-refractivity contribution >= 4 is 40.7 Å². The summed E-state index contributed by atoms with van der Waals surface area (Å²) in [6.45, 7) is 5.89. The monoisotopic (exact) mass is 290 g/mol. The number of amides is 1. The van der Waals surface area contributed by atoms with Gasteiger partial charge in [-0.05, 0) is 26.8 Å². The van der Waals surface area contributed by atoms with Gasteiger partial charge in [-0.15, -0.1) is 0 Å². The van der Waals surface area contributed by atoms with Crippen molar-refractivity contribution in [2.24, 2.45) is 5.73 Å². The van der Waals surface area contributed by atoms with Crippen molar-refractivity contribution in [3.8, 4) is 0 Å². The summed E-state index contributed by atoms with van der Waals surface area (Å²) >= 11 is 12.0. The van der Waals surface area contributed by atoms with E-state index in [-0.39, 0.29) is 0 Å². The second-order valence-electron chi connectivity index (χ2n) is 4.29. The third kappa shape index (κ3) is 3.40. The van der Waals surface area contributed by atoms with Gasteiger partial charge in [0.05, 0.1) is 10.0 Å². The molecule has 7 heteroatoms. The first kappa shape index (κ1) is 14.9. The van der Waals surface area contributed by atoms with E-state index in [0.717, 1.165) is 0 Å². The average molecular weight is 291 g/mol. The first-order chi connectivity index (χ1) is 8.27. The zero-order chi connectivity index (χ0) is 13.9. The standard InChI is InChI=1S/C11H16Cl2N4O/c1-4-15-8-6(12)5-7(13)9(16-8)17-11(2,3)10(14)18/h5H,4H2,1-3H3,(H2,14,18)(H2,15,16,17). The molecule has 0 aromatic carbocycles. The quantitative estimate of drug-likeness (QED) is 0.778. The molecule has 1 amide bonds. The molecule has 0 unspecified atom stereocenters. The van der Waals surface area contributed by atoms with E-state index in [1.54, 1.807) is 19.9 Å². The largest absolute Gasteiger partial charge is 0.369 e. The number of nitrogens with two attached hydrogens (primary N) is 1. The molecule has 1 aromatic rings. The predicted molar refractivity (Wildman–Crippen MR) is 75.3 cm³/mol. The molecule has 0 saturated carbocycles. The molecular weight excluding hydrogens is 275 g/mol. The maximum Gasteiger partial charge on any atom is 0.242 e. The molecule has 1 heterocycles. The number of anilines is 2. The van der Waals surface area contributed by atoms with Gasteiger partial charge in [0.15, 0.2) is 0 Å². The molecule has 5 nitrogen and oxygen atoms in total. The van der Waals surface area contributed by atoms with Gasteiger partial charge in [-0.3, -0.25) is 4.79 Å². The van der Waals surface area contributed by atoms with Crippen molar-refractivity contribution in [3.05, 3.63) is 16.1 Å². The van der Waals surface area contributed by atoms with Gasteiger partial charge < -0.3 is 16.4 Å². The van der Waals surface area contributed by atoms with E-state index in [1.165, 1.54) is 0 Å². The second kappa shape index (κ2) is 5.63. The number of carbonyl (C=O) groups excluding carboxylic acids is 1.